The molecule has 1 fully saturated rings. The second kappa shape index (κ2) is 5.04. The molecule has 89 valence electrons. The van der Waals surface area contributed by atoms with E-state index in [1.54, 1.807) is 18.3 Å². The van der Waals surface area contributed by atoms with Crippen molar-refractivity contribution >= 4 is 5.91 Å². The minimum atomic E-state index is 0.0106. The van der Waals surface area contributed by atoms with Gasteiger partial charge in [0.25, 0.3) is 5.91 Å². The summed E-state index contributed by atoms with van der Waals surface area (Å²) in [5, 5.41) is 0. The Hall–Kier alpha value is -1.77. The number of amides is 1. The van der Waals surface area contributed by atoms with Crippen molar-refractivity contribution < 1.29 is 9.53 Å². The van der Waals surface area contributed by atoms with Gasteiger partial charge in [0, 0.05) is 12.1 Å². The predicted molar refractivity (Wildman–Crippen MR) is 66.3 cm³/mol. The second-order valence-corrected chi connectivity index (χ2v) is 4.06. The molecular weight excluding hydrogens is 214 g/mol. The Morgan fingerprint density at radius 2 is 2.24 bits per heavy atom. The van der Waals surface area contributed by atoms with Gasteiger partial charge < -0.3 is 9.64 Å². The number of hydrogen-bond acceptors (Lipinski definition) is 2. The van der Waals surface area contributed by atoms with Crippen LogP contribution in [0.5, 0.6) is 0 Å². The first-order chi connectivity index (χ1) is 8.24. The topological polar surface area (TPSA) is 29.5 Å². The third-order valence-electron chi connectivity index (χ3n) is 2.91. The fourth-order valence-electron chi connectivity index (χ4n) is 2.06. The van der Waals surface area contributed by atoms with Crippen LogP contribution in [-0.2, 0) is 4.74 Å². The Bertz CT molecular complexity index is 451. The molecule has 2 rings (SSSR count). The van der Waals surface area contributed by atoms with E-state index in [4.69, 9.17) is 4.74 Å². The van der Waals surface area contributed by atoms with Crippen molar-refractivity contribution in [3.63, 3.8) is 0 Å². The van der Waals surface area contributed by atoms with Gasteiger partial charge in [0.2, 0.25) is 0 Å². The molecule has 1 heterocycles. The molecule has 1 radical (unpaired) electrons. The van der Waals surface area contributed by atoms with E-state index in [9.17, 15) is 4.79 Å². The first kappa shape index (κ1) is 11.7. The number of likely N-dealkylation sites (tertiary alicyclic amines) is 1. The van der Waals surface area contributed by atoms with E-state index in [2.05, 4.69) is 6.92 Å². The lowest BCUT2D eigenvalue weighted by Crippen LogP contribution is -2.27. The standard InChI is InChI=1S/C14H16NO2/c1-11-6-3-4-8-13(11)14(16)15-9-5-7-12(15)10-17-2/h3-4,6,8,10H,1,5,7,9H2,2H3. The number of hydrogen-bond donors (Lipinski definition) is 0. The molecule has 1 aromatic rings. The number of carbonyl (C=O) groups excluding carboxylic acids is 1. The zero-order chi connectivity index (χ0) is 12.3. The maximum Gasteiger partial charge on any atom is 0.258 e. The van der Waals surface area contributed by atoms with Crippen LogP contribution in [-0.4, -0.2) is 24.5 Å². The summed E-state index contributed by atoms with van der Waals surface area (Å²) < 4.78 is 5.00. The van der Waals surface area contributed by atoms with E-state index in [1.807, 2.05) is 24.3 Å². The highest BCUT2D eigenvalue weighted by atomic mass is 16.5. The number of methoxy groups -OCH3 is 1. The van der Waals surface area contributed by atoms with Crippen molar-refractivity contribution in [3.8, 4) is 0 Å². The first-order valence-electron chi connectivity index (χ1n) is 5.68. The Morgan fingerprint density at radius 1 is 1.47 bits per heavy atom. The summed E-state index contributed by atoms with van der Waals surface area (Å²) in [6.45, 7) is 4.64. The van der Waals surface area contributed by atoms with Gasteiger partial charge in [-0.15, -0.1) is 0 Å². The van der Waals surface area contributed by atoms with Crippen LogP contribution in [0, 0.1) is 6.92 Å². The number of nitrogens with zero attached hydrogens (tertiary/aromatic N) is 1. The lowest BCUT2D eigenvalue weighted by Gasteiger charge is -2.18. The quantitative estimate of drug-likeness (QED) is 0.731. The third-order valence-corrected chi connectivity index (χ3v) is 2.91. The number of ether oxygens (including phenoxy) is 1. The van der Waals surface area contributed by atoms with Gasteiger partial charge in [-0.25, -0.2) is 0 Å². The molecule has 0 aliphatic carbocycles. The highest BCUT2D eigenvalue weighted by Gasteiger charge is 2.25. The third kappa shape index (κ3) is 2.33. The Kier molecular flexibility index (Phi) is 3.47. The van der Waals surface area contributed by atoms with E-state index in [0.29, 0.717) is 5.56 Å². The van der Waals surface area contributed by atoms with Crippen LogP contribution in [0.4, 0.5) is 0 Å². The summed E-state index contributed by atoms with van der Waals surface area (Å²) in [4.78, 5) is 14.1. The van der Waals surface area contributed by atoms with Crippen molar-refractivity contribution in [2.45, 2.75) is 12.8 Å². The molecule has 0 bridgehead atoms. The molecule has 17 heavy (non-hydrogen) atoms. The van der Waals surface area contributed by atoms with E-state index >= 15 is 0 Å². The minimum absolute atomic E-state index is 0.0106. The Morgan fingerprint density at radius 3 is 2.94 bits per heavy atom. The van der Waals surface area contributed by atoms with Crippen LogP contribution in [0.1, 0.15) is 28.8 Å². The first-order valence-corrected chi connectivity index (χ1v) is 5.68. The fourth-order valence-corrected chi connectivity index (χ4v) is 2.06. The van der Waals surface area contributed by atoms with Crippen molar-refractivity contribution in [1.82, 2.24) is 4.90 Å². The second-order valence-electron chi connectivity index (χ2n) is 4.06. The lowest BCUT2D eigenvalue weighted by atomic mass is 10.1. The van der Waals surface area contributed by atoms with Gasteiger partial charge in [-0.1, -0.05) is 18.2 Å². The van der Waals surface area contributed by atoms with Gasteiger partial charge in [0.05, 0.1) is 12.8 Å². The van der Waals surface area contributed by atoms with Crippen molar-refractivity contribution in [1.29, 1.82) is 0 Å². The zero-order valence-corrected chi connectivity index (χ0v) is 9.98. The summed E-state index contributed by atoms with van der Waals surface area (Å²) in [5.74, 6) is 0.0106. The van der Waals surface area contributed by atoms with Gasteiger partial charge in [-0.2, -0.15) is 0 Å². The molecule has 0 unspecified atom stereocenters. The minimum Gasteiger partial charge on any atom is -0.503 e. The molecule has 1 amide bonds. The predicted octanol–water partition coefficient (Wildman–Crippen LogP) is 2.59. The van der Waals surface area contributed by atoms with Gasteiger partial charge >= 0.3 is 0 Å². The number of allylic oxidation sites excluding steroid dienone is 1. The normalized spacial score (nSPS) is 17.5. The van der Waals surface area contributed by atoms with Gasteiger partial charge in [0.15, 0.2) is 0 Å². The van der Waals surface area contributed by atoms with Gasteiger partial charge in [-0.3, -0.25) is 4.79 Å². The summed E-state index contributed by atoms with van der Waals surface area (Å²) in [6.07, 6.45) is 3.52. The number of benzene rings is 1. The van der Waals surface area contributed by atoms with E-state index in [-0.39, 0.29) is 5.91 Å². The molecule has 0 N–H and O–H groups in total. The largest absolute Gasteiger partial charge is 0.503 e. The molecule has 0 spiro atoms. The average Bonchev–Trinajstić information content (AvgIpc) is 2.78. The summed E-state index contributed by atoms with van der Waals surface area (Å²) in [6, 6.07) is 7.41. The van der Waals surface area contributed by atoms with Crippen LogP contribution in [0.25, 0.3) is 0 Å². The molecular formula is C14H16NO2. The highest BCUT2D eigenvalue weighted by Crippen LogP contribution is 2.24. The summed E-state index contributed by atoms with van der Waals surface area (Å²) >= 11 is 0. The molecule has 0 saturated carbocycles. The average molecular weight is 230 g/mol. The monoisotopic (exact) mass is 230 g/mol. The van der Waals surface area contributed by atoms with Crippen molar-refractivity contribution in [2.24, 2.45) is 0 Å². The van der Waals surface area contributed by atoms with Crippen LogP contribution >= 0.6 is 0 Å². The molecule has 1 saturated heterocycles. The van der Waals surface area contributed by atoms with E-state index in [0.717, 1.165) is 30.6 Å². The molecule has 3 nitrogen and oxygen atoms in total. The molecule has 1 aromatic carbocycles. The van der Waals surface area contributed by atoms with Gasteiger partial charge in [0.1, 0.15) is 6.26 Å². The fraction of sp³-hybridized carbons (Fsp3) is 0.286. The molecule has 0 aromatic heterocycles. The van der Waals surface area contributed by atoms with Crippen molar-refractivity contribution in [2.75, 3.05) is 13.7 Å². The number of carbonyl (C=O) groups is 1. The highest BCUT2D eigenvalue weighted by molar-refractivity contribution is 5.97. The van der Waals surface area contributed by atoms with Crippen molar-refractivity contribution in [3.05, 3.63) is 54.3 Å². The van der Waals surface area contributed by atoms with Crippen LogP contribution in [0.15, 0.2) is 36.2 Å². The maximum absolute atomic E-state index is 12.3. The molecule has 3 heteroatoms. The summed E-state index contributed by atoms with van der Waals surface area (Å²) in [7, 11) is 1.60. The zero-order valence-electron chi connectivity index (χ0n) is 9.98. The van der Waals surface area contributed by atoms with Crippen LogP contribution in [0.2, 0.25) is 0 Å². The maximum atomic E-state index is 12.3. The van der Waals surface area contributed by atoms with E-state index < -0.39 is 0 Å². The van der Waals surface area contributed by atoms with Crippen LogP contribution in [0.3, 0.4) is 0 Å². The molecule has 1 aliphatic heterocycles. The van der Waals surface area contributed by atoms with E-state index in [1.165, 1.54) is 0 Å². The van der Waals surface area contributed by atoms with Gasteiger partial charge in [-0.05, 0) is 31.4 Å². The Balaban J connectivity index is 2.26. The Labute approximate surface area is 102 Å². The van der Waals surface area contributed by atoms with Crippen LogP contribution < -0.4 is 0 Å². The number of rotatable bonds is 2. The molecule has 1 aliphatic rings. The summed E-state index contributed by atoms with van der Waals surface area (Å²) in [5.41, 5.74) is 2.37. The SMILES string of the molecule is [CH2]c1ccccc1C(=O)N1CCCC1=COC. The molecule has 0 atom stereocenters. The smallest absolute Gasteiger partial charge is 0.258 e. The lowest BCUT2D eigenvalue weighted by molar-refractivity contribution is 0.0820.